The molecule has 1 aromatic carbocycles. The number of carbonyl (C=O) groups is 1. The van der Waals surface area contributed by atoms with Crippen LogP contribution in [0.4, 0.5) is 0 Å². The highest BCUT2D eigenvalue weighted by atomic mass is 79.9. The molecule has 1 fully saturated rings. The fourth-order valence-corrected chi connectivity index (χ4v) is 5.62. The van der Waals surface area contributed by atoms with Gasteiger partial charge in [0.15, 0.2) is 0 Å². The number of amides is 1. The number of pyridine rings is 1. The first kappa shape index (κ1) is 20.3. The van der Waals surface area contributed by atoms with Crippen LogP contribution in [0.2, 0.25) is 0 Å². The number of aromatic nitrogens is 1. The Labute approximate surface area is 178 Å². The number of nitrogens with zero attached hydrogens (tertiary/aromatic N) is 2. The van der Waals surface area contributed by atoms with E-state index in [1.807, 2.05) is 18.2 Å². The number of fused-ring (bicyclic) bond motifs is 1. The standard InChI is InChI=1S/C20H22BrN3O4S/c21-15-3-4-19-17(12-15)18(7-11-28-19)23-20(25)14-5-9-24(10-6-14)29(26,27)16-2-1-8-22-13-16/h1-4,8,12-14,18H,5-7,9-11H2,(H,23,25). The largest absolute Gasteiger partial charge is 0.493 e. The number of benzene rings is 1. The van der Waals surface area contributed by atoms with Crippen molar-refractivity contribution in [2.24, 2.45) is 5.92 Å². The second kappa shape index (κ2) is 8.41. The van der Waals surface area contributed by atoms with E-state index in [1.165, 1.54) is 10.5 Å². The zero-order valence-electron chi connectivity index (χ0n) is 15.8. The molecular formula is C20H22BrN3O4S. The van der Waals surface area contributed by atoms with Crippen molar-refractivity contribution in [1.29, 1.82) is 0 Å². The van der Waals surface area contributed by atoms with Gasteiger partial charge in [-0.25, -0.2) is 8.42 Å². The van der Waals surface area contributed by atoms with Crippen molar-refractivity contribution in [3.63, 3.8) is 0 Å². The zero-order chi connectivity index (χ0) is 20.4. The van der Waals surface area contributed by atoms with Gasteiger partial charge in [-0.1, -0.05) is 15.9 Å². The molecule has 154 valence electrons. The van der Waals surface area contributed by atoms with Gasteiger partial charge < -0.3 is 10.1 Å². The molecule has 0 spiro atoms. The first-order valence-corrected chi connectivity index (χ1v) is 11.8. The Hall–Kier alpha value is -1.97. The molecule has 29 heavy (non-hydrogen) atoms. The van der Waals surface area contributed by atoms with Gasteiger partial charge in [-0.3, -0.25) is 9.78 Å². The Morgan fingerprint density at radius 2 is 2.00 bits per heavy atom. The lowest BCUT2D eigenvalue weighted by molar-refractivity contribution is -0.127. The summed E-state index contributed by atoms with van der Waals surface area (Å²) in [7, 11) is -3.57. The highest BCUT2D eigenvalue weighted by Gasteiger charge is 2.33. The molecule has 2 aliphatic rings. The fourth-order valence-electron chi connectivity index (χ4n) is 3.81. The minimum atomic E-state index is -3.57. The Morgan fingerprint density at radius 3 is 2.72 bits per heavy atom. The SMILES string of the molecule is O=C(NC1CCOc2ccc(Br)cc21)C1CCN(S(=O)(=O)c2cccnc2)CC1. The number of hydrogen-bond acceptors (Lipinski definition) is 5. The van der Waals surface area contributed by atoms with Crippen LogP contribution in [-0.2, 0) is 14.8 Å². The molecule has 2 aliphatic heterocycles. The second-order valence-electron chi connectivity index (χ2n) is 7.25. The third-order valence-electron chi connectivity index (χ3n) is 5.42. The predicted octanol–water partition coefficient (Wildman–Crippen LogP) is 2.88. The van der Waals surface area contributed by atoms with Crippen LogP contribution in [-0.4, -0.2) is 43.3 Å². The van der Waals surface area contributed by atoms with E-state index in [2.05, 4.69) is 26.2 Å². The first-order valence-electron chi connectivity index (χ1n) is 9.58. The van der Waals surface area contributed by atoms with E-state index < -0.39 is 10.0 Å². The lowest BCUT2D eigenvalue weighted by Gasteiger charge is -2.32. The van der Waals surface area contributed by atoms with Gasteiger partial charge in [0.2, 0.25) is 15.9 Å². The summed E-state index contributed by atoms with van der Waals surface area (Å²) in [6, 6.07) is 8.85. The van der Waals surface area contributed by atoms with Crippen LogP contribution in [0.15, 0.2) is 52.1 Å². The summed E-state index contributed by atoms with van der Waals surface area (Å²) in [4.78, 5) is 16.9. The Balaban J connectivity index is 1.39. The molecule has 1 amide bonds. The van der Waals surface area contributed by atoms with E-state index in [0.29, 0.717) is 39.0 Å². The van der Waals surface area contributed by atoms with Gasteiger partial charge in [0.1, 0.15) is 10.6 Å². The summed E-state index contributed by atoms with van der Waals surface area (Å²) in [6.07, 6.45) is 4.61. The van der Waals surface area contributed by atoms with Crippen molar-refractivity contribution in [3.05, 3.63) is 52.8 Å². The van der Waals surface area contributed by atoms with E-state index in [0.717, 1.165) is 15.8 Å². The van der Waals surface area contributed by atoms with Gasteiger partial charge in [-0.2, -0.15) is 4.31 Å². The van der Waals surface area contributed by atoms with E-state index in [1.54, 1.807) is 18.3 Å². The van der Waals surface area contributed by atoms with Gasteiger partial charge in [-0.05, 0) is 43.2 Å². The Kier molecular flexibility index (Phi) is 5.89. The van der Waals surface area contributed by atoms with Crippen molar-refractivity contribution < 1.29 is 17.9 Å². The average Bonchev–Trinajstić information content (AvgIpc) is 2.75. The Morgan fingerprint density at radius 1 is 1.21 bits per heavy atom. The zero-order valence-corrected chi connectivity index (χ0v) is 18.2. The number of hydrogen-bond donors (Lipinski definition) is 1. The first-order chi connectivity index (χ1) is 13.9. The third kappa shape index (κ3) is 4.31. The molecular weight excluding hydrogens is 458 g/mol. The number of rotatable bonds is 4. The molecule has 9 heteroatoms. The van der Waals surface area contributed by atoms with Crippen LogP contribution in [0, 0.1) is 5.92 Å². The number of halogens is 1. The molecule has 2 aromatic rings. The van der Waals surface area contributed by atoms with Gasteiger partial charge in [0.05, 0.1) is 12.6 Å². The normalized spacial score (nSPS) is 20.5. The minimum Gasteiger partial charge on any atom is -0.493 e. The molecule has 1 unspecified atom stereocenters. The van der Waals surface area contributed by atoms with Crippen LogP contribution in [0.3, 0.4) is 0 Å². The second-order valence-corrected chi connectivity index (χ2v) is 10.1. The van der Waals surface area contributed by atoms with Crippen molar-refractivity contribution >= 4 is 31.9 Å². The fraction of sp³-hybridized carbons (Fsp3) is 0.400. The molecule has 1 saturated heterocycles. The average molecular weight is 480 g/mol. The van der Waals surface area contributed by atoms with Crippen LogP contribution >= 0.6 is 15.9 Å². The van der Waals surface area contributed by atoms with Gasteiger partial charge >= 0.3 is 0 Å². The summed E-state index contributed by atoms with van der Waals surface area (Å²) in [5, 5.41) is 3.14. The van der Waals surface area contributed by atoms with E-state index in [-0.39, 0.29) is 22.8 Å². The molecule has 3 heterocycles. The number of piperidine rings is 1. The van der Waals surface area contributed by atoms with Crippen molar-refractivity contribution in [2.75, 3.05) is 19.7 Å². The molecule has 7 nitrogen and oxygen atoms in total. The highest BCUT2D eigenvalue weighted by Crippen LogP contribution is 2.34. The maximum atomic E-state index is 12.8. The van der Waals surface area contributed by atoms with Crippen LogP contribution in [0.25, 0.3) is 0 Å². The maximum absolute atomic E-state index is 12.8. The number of carbonyl (C=O) groups excluding carboxylic acids is 1. The molecule has 1 N–H and O–H groups in total. The van der Waals surface area contributed by atoms with Crippen LogP contribution in [0.1, 0.15) is 30.9 Å². The smallest absolute Gasteiger partial charge is 0.244 e. The molecule has 1 aromatic heterocycles. The lowest BCUT2D eigenvalue weighted by Crippen LogP contribution is -2.44. The third-order valence-corrected chi connectivity index (χ3v) is 7.80. The van der Waals surface area contributed by atoms with Crippen LogP contribution in [0.5, 0.6) is 5.75 Å². The van der Waals surface area contributed by atoms with E-state index in [4.69, 9.17) is 4.74 Å². The summed E-state index contributed by atoms with van der Waals surface area (Å²) in [5.41, 5.74) is 0.968. The maximum Gasteiger partial charge on any atom is 0.244 e. The van der Waals surface area contributed by atoms with Gasteiger partial charge in [0, 0.05) is 47.9 Å². The van der Waals surface area contributed by atoms with Crippen LogP contribution < -0.4 is 10.1 Å². The lowest BCUT2D eigenvalue weighted by atomic mass is 9.95. The summed E-state index contributed by atoms with van der Waals surface area (Å²) in [6.45, 7) is 1.21. The predicted molar refractivity (Wildman–Crippen MR) is 111 cm³/mol. The summed E-state index contributed by atoms with van der Waals surface area (Å²) >= 11 is 3.47. The number of sulfonamides is 1. The van der Waals surface area contributed by atoms with Crippen molar-refractivity contribution in [2.45, 2.75) is 30.2 Å². The van der Waals surface area contributed by atoms with Crippen molar-refractivity contribution in [3.8, 4) is 5.75 Å². The quantitative estimate of drug-likeness (QED) is 0.727. The van der Waals surface area contributed by atoms with E-state index in [9.17, 15) is 13.2 Å². The molecule has 0 bridgehead atoms. The summed E-state index contributed by atoms with van der Waals surface area (Å²) in [5.74, 6) is 0.567. The topological polar surface area (TPSA) is 88.6 Å². The van der Waals surface area contributed by atoms with Gasteiger partial charge in [-0.15, -0.1) is 0 Å². The molecule has 4 rings (SSSR count). The number of nitrogens with one attached hydrogen (secondary N) is 1. The summed E-state index contributed by atoms with van der Waals surface area (Å²) < 4.78 is 33.5. The minimum absolute atomic E-state index is 0.0266. The van der Waals surface area contributed by atoms with Gasteiger partial charge in [0.25, 0.3) is 0 Å². The molecule has 0 aliphatic carbocycles. The van der Waals surface area contributed by atoms with Crippen molar-refractivity contribution in [1.82, 2.24) is 14.6 Å². The number of ether oxygens (including phenoxy) is 1. The molecule has 0 saturated carbocycles. The molecule has 1 atom stereocenters. The highest BCUT2D eigenvalue weighted by molar-refractivity contribution is 9.10. The van der Waals surface area contributed by atoms with E-state index >= 15 is 0 Å². The monoisotopic (exact) mass is 479 g/mol. The molecule has 0 radical (unpaired) electrons. The Bertz CT molecular complexity index is 992.